The van der Waals surface area contributed by atoms with Gasteiger partial charge >= 0.3 is 0 Å². The normalized spacial score (nSPS) is 18.8. The van der Waals surface area contributed by atoms with Crippen molar-refractivity contribution in [2.75, 3.05) is 46.8 Å². The lowest BCUT2D eigenvalue weighted by Crippen LogP contribution is -2.44. The maximum Gasteiger partial charge on any atom is 0.233 e. The van der Waals surface area contributed by atoms with Gasteiger partial charge in [0.05, 0.1) is 12.1 Å². The van der Waals surface area contributed by atoms with Crippen LogP contribution in [0.5, 0.6) is 0 Å². The summed E-state index contributed by atoms with van der Waals surface area (Å²) in [6.07, 6.45) is 2.26. The molecule has 0 spiro atoms. The Morgan fingerprint density at radius 1 is 1.42 bits per heavy atom. The highest BCUT2D eigenvalue weighted by Crippen LogP contribution is 2.18. The highest BCUT2D eigenvalue weighted by Gasteiger charge is 2.23. The van der Waals surface area contributed by atoms with Gasteiger partial charge in [0.1, 0.15) is 0 Å². The fourth-order valence-electron chi connectivity index (χ4n) is 2.78. The van der Waals surface area contributed by atoms with Crippen LogP contribution in [-0.2, 0) is 4.79 Å². The molecule has 5 heteroatoms. The van der Waals surface area contributed by atoms with Gasteiger partial charge in [0.25, 0.3) is 0 Å². The monoisotopic (exact) mass is 271 g/mol. The van der Waals surface area contributed by atoms with E-state index in [-0.39, 0.29) is 5.91 Å². The largest absolute Gasteiger partial charge is 0.389 e. The van der Waals surface area contributed by atoms with Crippen molar-refractivity contribution in [2.24, 2.45) is 5.92 Å². The van der Waals surface area contributed by atoms with Gasteiger partial charge in [-0.15, -0.1) is 0 Å². The number of likely N-dealkylation sites (N-methyl/N-ethyl adjacent to an activating group) is 2. The summed E-state index contributed by atoms with van der Waals surface area (Å²) in [6.45, 7) is 7.92. The van der Waals surface area contributed by atoms with Gasteiger partial charge in [0.2, 0.25) is 5.91 Å². The van der Waals surface area contributed by atoms with Gasteiger partial charge in [-0.1, -0.05) is 0 Å². The summed E-state index contributed by atoms with van der Waals surface area (Å²) in [5, 5.41) is 12.5. The Morgan fingerprint density at radius 3 is 2.47 bits per heavy atom. The summed E-state index contributed by atoms with van der Waals surface area (Å²) in [7, 11) is 3.75. The lowest BCUT2D eigenvalue weighted by molar-refractivity contribution is -0.122. The van der Waals surface area contributed by atoms with E-state index in [1.165, 1.54) is 0 Å². The first-order valence-corrected chi connectivity index (χ1v) is 7.14. The van der Waals surface area contributed by atoms with Crippen LogP contribution >= 0.6 is 0 Å². The first-order valence-electron chi connectivity index (χ1n) is 7.14. The average molecular weight is 271 g/mol. The molecule has 1 aliphatic rings. The average Bonchev–Trinajstić information content (AvgIpc) is 2.29. The minimum Gasteiger partial charge on any atom is -0.389 e. The van der Waals surface area contributed by atoms with Crippen LogP contribution < -0.4 is 5.32 Å². The number of hydrogen-bond donors (Lipinski definition) is 2. The van der Waals surface area contributed by atoms with Crippen LogP contribution in [0.4, 0.5) is 0 Å². The van der Waals surface area contributed by atoms with E-state index in [1.54, 1.807) is 7.05 Å². The second kappa shape index (κ2) is 7.22. The van der Waals surface area contributed by atoms with Crippen molar-refractivity contribution in [3.63, 3.8) is 0 Å². The number of carbonyl (C=O) groups excluding carboxylic acids is 1. The summed E-state index contributed by atoms with van der Waals surface area (Å²) in [5.41, 5.74) is -0.630. The fourth-order valence-corrected chi connectivity index (χ4v) is 2.78. The smallest absolute Gasteiger partial charge is 0.233 e. The molecule has 112 valence electrons. The maximum atomic E-state index is 11.3. The van der Waals surface area contributed by atoms with Crippen molar-refractivity contribution >= 4 is 5.91 Å². The molecule has 0 saturated carbocycles. The number of amides is 1. The van der Waals surface area contributed by atoms with Gasteiger partial charge in [-0.05, 0) is 52.7 Å². The van der Waals surface area contributed by atoms with Crippen LogP contribution in [0.2, 0.25) is 0 Å². The second-order valence-electron chi connectivity index (χ2n) is 6.40. The van der Waals surface area contributed by atoms with Crippen molar-refractivity contribution < 1.29 is 9.90 Å². The molecule has 1 saturated heterocycles. The Labute approximate surface area is 117 Å². The van der Waals surface area contributed by atoms with E-state index in [9.17, 15) is 9.90 Å². The van der Waals surface area contributed by atoms with Gasteiger partial charge in [0.15, 0.2) is 0 Å². The molecule has 1 heterocycles. The molecule has 0 aromatic heterocycles. The van der Waals surface area contributed by atoms with Crippen LogP contribution in [-0.4, -0.2) is 73.2 Å². The zero-order valence-corrected chi connectivity index (χ0v) is 12.8. The third-order valence-electron chi connectivity index (χ3n) is 3.58. The van der Waals surface area contributed by atoms with Crippen LogP contribution in [0.1, 0.15) is 26.7 Å². The second-order valence-corrected chi connectivity index (χ2v) is 6.40. The predicted molar refractivity (Wildman–Crippen MR) is 77.0 cm³/mol. The Kier molecular flexibility index (Phi) is 6.23. The first-order chi connectivity index (χ1) is 8.80. The van der Waals surface area contributed by atoms with Crippen LogP contribution in [0.25, 0.3) is 0 Å². The molecule has 1 amide bonds. The molecule has 1 fully saturated rings. The molecule has 0 atom stereocenters. The summed E-state index contributed by atoms with van der Waals surface area (Å²) in [6, 6.07) is 0. The molecule has 0 aliphatic carbocycles. The molecule has 0 bridgehead atoms. The quantitative estimate of drug-likeness (QED) is 0.722. The highest BCUT2D eigenvalue weighted by atomic mass is 16.3. The van der Waals surface area contributed by atoms with Crippen molar-refractivity contribution in [1.82, 2.24) is 15.1 Å². The van der Waals surface area contributed by atoms with Gasteiger partial charge in [0, 0.05) is 20.1 Å². The zero-order chi connectivity index (χ0) is 14.5. The van der Waals surface area contributed by atoms with Gasteiger partial charge in [-0.25, -0.2) is 0 Å². The number of aliphatic hydroxyl groups is 1. The number of nitrogens with one attached hydrogen (secondary N) is 1. The van der Waals surface area contributed by atoms with E-state index in [4.69, 9.17) is 0 Å². The fraction of sp³-hybridized carbons (Fsp3) is 0.929. The molecule has 5 nitrogen and oxygen atoms in total. The van der Waals surface area contributed by atoms with Crippen molar-refractivity contribution in [3.8, 4) is 0 Å². The molecule has 0 aromatic carbocycles. The molecule has 0 unspecified atom stereocenters. The van der Waals surface area contributed by atoms with E-state index >= 15 is 0 Å². The van der Waals surface area contributed by atoms with Crippen LogP contribution in [0, 0.1) is 5.92 Å². The van der Waals surface area contributed by atoms with Crippen LogP contribution in [0.3, 0.4) is 0 Å². The minimum atomic E-state index is -0.630. The zero-order valence-electron chi connectivity index (χ0n) is 12.8. The van der Waals surface area contributed by atoms with E-state index in [0.29, 0.717) is 19.0 Å². The number of hydrogen-bond acceptors (Lipinski definition) is 4. The molecule has 0 radical (unpaired) electrons. The van der Waals surface area contributed by atoms with Gasteiger partial charge in [-0.3, -0.25) is 9.69 Å². The molecule has 2 N–H and O–H groups in total. The van der Waals surface area contributed by atoms with E-state index in [0.717, 1.165) is 32.5 Å². The van der Waals surface area contributed by atoms with Gasteiger partial charge in [-0.2, -0.15) is 0 Å². The van der Waals surface area contributed by atoms with E-state index in [1.807, 2.05) is 13.8 Å². The predicted octanol–water partition coefficient (Wildman–Crippen LogP) is 0.147. The van der Waals surface area contributed by atoms with Crippen molar-refractivity contribution in [2.45, 2.75) is 32.3 Å². The first kappa shape index (κ1) is 16.4. The molecule has 19 heavy (non-hydrogen) atoms. The van der Waals surface area contributed by atoms with Crippen molar-refractivity contribution in [1.29, 1.82) is 0 Å². The van der Waals surface area contributed by atoms with Crippen LogP contribution in [0.15, 0.2) is 0 Å². The summed E-state index contributed by atoms with van der Waals surface area (Å²) in [4.78, 5) is 15.7. The Hall–Kier alpha value is -0.650. The van der Waals surface area contributed by atoms with E-state index < -0.39 is 5.60 Å². The molecule has 1 aliphatic heterocycles. The lowest BCUT2D eigenvalue weighted by atomic mass is 9.96. The molecular formula is C14H29N3O2. The number of rotatable bonds is 6. The Bertz CT molecular complexity index is 281. The molecular weight excluding hydrogens is 242 g/mol. The Balaban J connectivity index is 2.24. The molecule has 1 rings (SSSR count). The minimum absolute atomic E-state index is 0.0950. The highest BCUT2D eigenvalue weighted by molar-refractivity contribution is 5.77. The van der Waals surface area contributed by atoms with E-state index in [2.05, 4.69) is 22.2 Å². The number of carbonyl (C=O) groups is 1. The number of nitrogens with zero attached hydrogens (tertiary/aromatic N) is 2. The SMILES string of the molecule is CNC(=O)CN1CCC(CN(C)CC(C)(C)O)CC1. The maximum absolute atomic E-state index is 11.3. The summed E-state index contributed by atoms with van der Waals surface area (Å²) in [5.74, 6) is 0.769. The van der Waals surface area contributed by atoms with Crippen molar-refractivity contribution in [3.05, 3.63) is 0 Å². The lowest BCUT2D eigenvalue weighted by Gasteiger charge is -2.34. The third kappa shape index (κ3) is 6.89. The topological polar surface area (TPSA) is 55.8 Å². The molecule has 0 aromatic rings. The number of likely N-dealkylation sites (tertiary alicyclic amines) is 1. The Morgan fingerprint density at radius 2 is 2.00 bits per heavy atom. The standard InChI is InChI=1S/C14H29N3O2/c1-14(2,19)11-16(4)9-12-5-7-17(8-6-12)10-13(18)15-3/h12,19H,5-11H2,1-4H3,(H,15,18). The third-order valence-corrected chi connectivity index (χ3v) is 3.58. The summed E-state index contributed by atoms with van der Waals surface area (Å²) >= 11 is 0. The van der Waals surface area contributed by atoms with Gasteiger partial charge < -0.3 is 15.3 Å². The number of piperidine rings is 1. The summed E-state index contributed by atoms with van der Waals surface area (Å²) < 4.78 is 0.